The van der Waals surface area contributed by atoms with Gasteiger partial charge in [-0.3, -0.25) is 9.59 Å². The molecule has 0 saturated carbocycles. The van der Waals surface area contributed by atoms with Crippen molar-refractivity contribution in [3.63, 3.8) is 0 Å². The average Bonchev–Trinajstić information content (AvgIpc) is 3.27. The maximum absolute atomic E-state index is 12.9. The number of likely N-dealkylation sites (tertiary alicyclic amines) is 1. The number of hydrogen-bond donors (Lipinski definition) is 1. The van der Waals surface area contributed by atoms with Crippen molar-refractivity contribution in [3.8, 4) is 17.2 Å². The van der Waals surface area contributed by atoms with E-state index in [1.807, 2.05) is 6.07 Å². The van der Waals surface area contributed by atoms with Gasteiger partial charge in [-0.05, 0) is 31.9 Å². The van der Waals surface area contributed by atoms with E-state index in [9.17, 15) is 9.59 Å². The van der Waals surface area contributed by atoms with Crippen LogP contribution in [0.1, 0.15) is 35.4 Å². The molecule has 0 radical (unpaired) electrons. The van der Waals surface area contributed by atoms with E-state index in [2.05, 4.69) is 10.3 Å². The van der Waals surface area contributed by atoms with Crippen LogP contribution in [-0.2, 0) is 4.79 Å². The fourth-order valence-corrected chi connectivity index (χ4v) is 3.59. The van der Waals surface area contributed by atoms with E-state index < -0.39 is 5.97 Å². The molecular weight excluding hydrogens is 352 g/mol. The average molecular weight is 372 g/mol. The molecule has 1 fully saturated rings. The number of ether oxygens (including phenoxy) is 2. The van der Waals surface area contributed by atoms with Crippen molar-refractivity contribution < 1.29 is 24.2 Å². The Morgan fingerprint density at radius 3 is 2.81 bits per heavy atom. The van der Waals surface area contributed by atoms with Gasteiger partial charge in [0.05, 0.1) is 17.8 Å². The quantitative estimate of drug-likeness (QED) is 0.865. The van der Waals surface area contributed by atoms with E-state index in [0.29, 0.717) is 49.1 Å². The van der Waals surface area contributed by atoms with Crippen molar-refractivity contribution in [2.45, 2.75) is 32.2 Å². The minimum absolute atomic E-state index is 0.0545. The van der Waals surface area contributed by atoms with Crippen LogP contribution in [0.15, 0.2) is 18.2 Å². The van der Waals surface area contributed by atoms with Crippen LogP contribution < -0.4 is 9.47 Å². The predicted octanol–water partition coefficient (Wildman–Crippen LogP) is 1.43. The lowest BCUT2D eigenvalue weighted by Gasteiger charge is -2.22. The number of hydrogen-bond acceptors (Lipinski definition) is 6. The lowest BCUT2D eigenvalue weighted by molar-refractivity contribution is -0.137. The Kier molecular flexibility index (Phi) is 4.43. The Balaban J connectivity index is 1.60. The van der Waals surface area contributed by atoms with Gasteiger partial charge in [0.15, 0.2) is 17.2 Å². The summed E-state index contributed by atoms with van der Waals surface area (Å²) in [6, 6.07) is 5.13. The predicted molar refractivity (Wildman–Crippen MR) is 93.4 cm³/mol. The maximum atomic E-state index is 12.9. The van der Waals surface area contributed by atoms with Gasteiger partial charge < -0.3 is 19.5 Å². The third-order valence-electron chi connectivity index (χ3n) is 4.92. The van der Waals surface area contributed by atoms with Crippen molar-refractivity contribution in [1.29, 1.82) is 0 Å². The maximum Gasteiger partial charge on any atom is 0.305 e. The fraction of sp³-hybridized carbons (Fsp3) is 0.444. The van der Waals surface area contributed by atoms with Crippen molar-refractivity contribution in [1.82, 2.24) is 19.9 Å². The van der Waals surface area contributed by atoms with Crippen LogP contribution in [0, 0.1) is 6.92 Å². The molecule has 3 heterocycles. The number of carboxylic acids is 1. The van der Waals surface area contributed by atoms with Crippen LogP contribution in [0.5, 0.6) is 11.5 Å². The number of aliphatic carboxylic acids is 1. The zero-order valence-corrected chi connectivity index (χ0v) is 14.9. The molecule has 0 spiro atoms. The summed E-state index contributed by atoms with van der Waals surface area (Å²) in [5.41, 5.74) is 1.55. The third-order valence-corrected chi connectivity index (χ3v) is 4.92. The first-order chi connectivity index (χ1) is 13.0. The number of carbonyl (C=O) groups is 2. The number of fused-ring (bicyclic) bond motifs is 1. The molecule has 2 aliphatic rings. The first-order valence-corrected chi connectivity index (χ1v) is 8.89. The fourth-order valence-electron chi connectivity index (χ4n) is 3.59. The Bertz CT molecular complexity index is 894. The van der Waals surface area contributed by atoms with Crippen LogP contribution in [-0.4, -0.2) is 62.7 Å². The molecule has 4 rings (SSSR count). The van der Waals surface area contributed by atoms with E-state index in [1.165, 1.54) is 0 Å². The van der Waals surface area contributed by atoms with Gasteiger partial charge in [-0.25, -0.2) is 4.68 Å². The normalized spacial score (nSPS) is 18.6. The first kappa shape index (κ1) is 17.3. The number of benzene rings is 1. The van der Waals surface area contributed by atoms with Gasteiger partial charge in [0.25, 0.3) is 5.91 Å². The molecule has 1 aromatic heterocycles. The molecular formula is C18H20N4O5. The van der Waals surface area contributed by atoms with E-state index in [0.717, 1.165) is 6.42 Å². The molecule has 1 N–H and O–H groups in total. The van der Waals surface area contributed by atoms with E-state index >= 15 is 0 Å². The van der Waals surface area contributed by atoms with Gasteiger partial charge in [0.1, 0.15) is 13.2 Å². The molecule has 1 unspecified atom stereocenters. The Hall–Kier alpha value is -3.10. The Labute approximate surface area is 155 Å². The number of rotatable bonds is 4. The molecule has 1 saturated heterocycles. The Morgan fingerprint density at radius 1 is 1.26 bits per heavy atom. The number of nitrogens with zero attached hydrogens (tertiary/aromatic N) is 4. The second-order valence-electron chi connectivity index (χ2n) is 6.66. The molecule has 1 aromatic carbocycles. The van der Waals surface area contributed by atoms with E-state index in [4.69, 9.17) is 14.6 Å². The number of carbonyl (C=O) groups excluding carboxylic acids is 1. The van der Waals surface area contributed by atoms with Gasteiger partial charge in [-0.1, -0.05) is 5.21 Å². The molecule has 142 valence electrons. The number of carboxylic acid groups (broad SMARTS) is 1. The summed E-state index contributed by atoms with van der Waals surface area (Å²) in [5.74, 6) is 0.117. The highest BCUT2D eigenvalue weighted by atomic mass is 16.6. The van der Waals surface area contributed by atoms with Crippen molar-refractivity contribution >= 4 is 11.9 Å². The summed E-state index contributed by atoms with van der Waals surface area (Å²) in [5, 5.41) is 17.2. The van der Waals surface area contributed by atoms with E-state index in [1.54, 1.807) is 28.6 Å². The molecule has 2 aliphatic heterocycles. The van der Waals surface area contributed by atoms with Crippen molar-refractivity contribution in [3.05, 3.63) is 29.6 Å². The second-order valence-corrected chi connectivity index (χ2v) is 6.66. The third kappa shape index (κ3) is 3.20. The van der Waals surface area contributed by atoms with Gasteiger partial charge in [-0.2, -0.15) is 0 Å². The monoisotopic (exact) mass is 372 g/mol. The lowest BCUT2D eigenvalue weighted by atomic mass is 10.1. The largest absolute Gasteiger partial charge is 0.486 e. The topological polar surface area (TPSA) is 107 Å². The highest BCUT2D eigenvalue weighted by Crippen LogP contribution is 2.32. The summed E-state index contributed by atoms with van der Waals surface area (Å²) in [4.78, 5) is 25.5. The second kappa shape index (κ2) is 6.90. The summed E-state index contributed by atoms with van der Waals surface area (Å²) in [6.45, 7) is 3.30. The number of amides is 1. The van der Waals surface area contributed by atoms with Gasteiger partial charge in [-0.15, -0.1) is 5.10 Å². The van der Waals surface area contributed by atoms with Crippen molar-refractivity contribution in [2.24, 2.45) is 0 Å². The molecule has 0 bridgehead atoms. The summed E-state index contributed by atoms with van der Waals surface area (Å²) >= 11 is 0. The lowest BCUT2D eigenvalue weighted by Crippen LogP contribution is -2.37. The van der Waals surface area contributed by atoms with Crippen LogP contribution in [0.3, 0.4) is 0 Å². The van der Waals surface area contributed by atoms with Crippen LogP contribution in [0.25, 0.3) is 5.69 Å². The Morgan fingerprint density at radius 2 is 2.04 bits per heavy atom. The van der Waals surface area contributed by atoms with E-state index in [-0.39, 0.29) is 24.1 Å². The summed E-state index contributed by atoms with van der Waals surface area (Å²) in [6.07, 6.45) is 1.42. The van der Waals surface area contributed by atoms with Gasteiger partial charge in [0, 0.05) is 18.7 Å². The molecule has 0 aliphatic carbocycles. The minimum atomic E-state index is -0.906. The molecule has 9 heteroatoms. The first-order valence-electron chi connectivity index (χ1n) is 8.89. The van der Waals surface area contributed by atoms with Gasteiger partial charge in [0.2, 0.25) is 0 Å². The van der Waals surface area contributed by atoms with Crippen LogP contribution >= 0.6 is 0 Å². The molecule has 1 atom stereocenters. The standard InChI is InChI=1S/C18H20N4O5/c1-11-17(18(25)21-6-2-3-12(21)10-16(23)24)19-20-22(11)13-4-5-14-15(9-13)27-8-7-26-14/h4-5,9,12H,2-3,6-8,10H2,1H3,(H,23,24). The molecule has 1 amide bonds. The van der Waals surface area contributed by atoms with Gasteiger partial charge >= 0.3 is 5.97 Å². The molecule has 2 aromatic rings. The molecule has 9 nitrogen and oxygen atoms in total. The smallest absolute Gasteiger partial charge is 0.305 e. The van der Waals surface area contributed by atoms with Crippen LogP contribution in [0.2, 0.25) is 0 Å². The highest BCUT2D eigenvalue weighted by Gasteiger charge is 2.33. The van der Waals surface area contributed by atoms with Crippen molar-refractivity contribution in [2.75, 3.05) is 19.8 Å². The minimum Gasteiger partial charge on any atom is -0.486 e. The summed E-state index contributed by atoms with van der Waals surface area (Å²) < 4.78 is 12.7. The molecule has 27 heavy (non-hydrogen) atoms. The zero-order valence-electron chi connectivity index (χ0n) is 14.9. The van der Waals surface area contributed by atoms with Crippen LogP contribution in [0.4, 0.5) is 0 Å². The zero-order chi connectivity index (χ0) is 19.0. The summed E-state index contributed by atoms with van der Waals surface area (Å²) in [7, 11) is 0. The number of aromatic nitrogens is 3. The highest BCUT2D eigenvalue weighted by molar-refractivity contribution is 5.94. The SMILES string of the molecule is Cc1c(C(=O)N2CCCC2CC(=O)O)nnn1-c1ccc2c(c1)OCCO2.